The topological polar surface area (TPSA) is 108 Å². The average Bonchev–Trinajstić information content (AvgIpc) is 3.64. The van der Waals surface area contributed by atoms with Gasteiger partial charge in [-0.05, 0) is 135 Å². The van der Waals surface area contributed by atoms with Crippen molar-refractivity contribution in [3.05, 3.63) is 182 Å². The van der Waals surface area contributed by atoms with E-state index in [0.29, 0.717) is 17.4 Å². The molecular formula is C80H128NO8+. The van der Waals surface area contributed by atoms with Gasteiger partial charge in [0.2, 0.25) is 0 Å². The zero-order valence-corrected chi connectivity index (χ0v) is 57.0. The van der Waals surface area contributed by atoms with Crippen molar-refractivity contribution in [2.75, 3.05) is 47.5 Å². The Labute approximate surface area is 545 Å². The second-order valence-corrected chi connectivity index (χ2v) is 23.7. The zero-order chi connectivity index (χ0) is 64.7. The number of hydrogen-bond acceptors (Lipinski definition) is 7. The number of aliphatic carboxylic acids is 1. The van der Waals surface area contributed by atoms with E-state index < -0.39 is 24.3 Å². The minimum Gasteiger partial charge on any atom is -0.477 e. The number of likely N-dealkylation sites (N-methyl/N-ethyl adjacent to an activating group) is 1. The Kier molecular flexibility index (Phi) is 64.0. The Morgan fingerprint density at radius 2 is 0.607 bits per heavy atom. The summed E-state index contributed by atoms with van der Waals surface area (Å²) in [5.74, 6) is -2.04. The maximum atomic E-state index is 12.9. The molecule has 0 aliphatic heterocycles. The fraction of sp³-hybridized carbons (Fsp3) is 0.588. The molecule has 0 aliphatic rings. The van der Waals surface area contributed by atoms with Crippen LogP contribution in [0.15, 0.2) is 182 Å². The standard InChI is InChI=1S/C80H127NO8/c1-6-8-10-12-14-16-18-20-22-24-26-28-30-31-32-33-34-35-36-37-38-39-40-41-42-43-44-45-46-47-49-51-53-55-57-59-61-63-65-67-69-71-78(83)89-76(75-88-80(79(84)85)86-73-72-81(3,4)5)74-87-77(82)70-68-66-64-62-60-58-56-54-52-50-48-29-27-25-23-21-19-17-15-13-11-9-7-2/h8-11,14-17,20-23,26-29,31-32,34-35,37-38,40-41,43-44,46-47,50,52,76,80H,6-7,12-13,18-19,24-25,30,33,36,39,42,45,48-49,51,53-75H2,1-5H3/p+1/b10-8-,11-9-,16-14-,17-15-,22-20-,23-21-,28-26-,29-27-,32-31-,35-34-,38-37-,41-40-,44-43-,47-46-,52-50-. The van der Waals surface area contributed by atoms with Crippen molar-refractivity contribution < 1.29 is 42.9 Å². The molecule has 0 saturated carbocycles. The summed E-state index contributed by atoms with van der Waals surface area (Å²) in [6, 6.07) is 0. The molecule has 2 unspecified atom stereocenters. The van der Waals surface area contributed by atoms with Gasteiger partial charge in [0.05, 0.1) is 34.4 Å². The van der Waals surface area contributed by atoms with E-state index >= 15 is 0 Å². The predicted octanol–water partition coefficient (Wildman–Crippen LogP) is 22.0. The molecule has 0 bridgehead atoms. The second-order valence-electron chi connectivity index (χ2n) is 23.7. The summed E-state index contributed by atoms with van der Waals surface area (Å²) in [4.78, 5) is 37.6. The van der Waals surface area contributed by atoms with Crippen LogP contribution < -0.4 is 0 Å². The summed E-state index contributed by atoms with van der Waals surface area (Å²) in [6.45, 7) is 4.61. The van der Waals surface area contributed by atoms with Gasteiger partial charge in [0.25, 0.3) is 6.29 Å². The van der Waals surface area contributed by atoms with Crippen LogP contribution in [0.4, 0.5) is 0 Å². The summed E-state index contributed by atoms with van der Waals surface area (Å²) in [5.41, 5.74) is 0. The lowest BCUT2D eigenvalue weighted by Gasteiger charge is -2.25. The number of allylic oxidation sites excluding steroid dienone is 30. The molecule has 0 spiro atoms. The second kappa shape index (κ2) is 68.3. The van der Waals surface area contributed by atoms with E-state index in [4.69, 9.17) is 18.9 Å². The normalized spacial score (nSPS) is 13.9. The first-order valence-corrected chi connectivity index (χ1v) is 34.9. The Morgan fingerprint density at radius 1 is 0.337 bits per heavy atom. The van der Waals surface area contributed by atoms with E-state index in [1.165, 1.54) is 57.8 Å². The summed E-state index contributed by atoms with van der Waals surface area (Å²) < 4.78 is 22.9. The van der Waals surface area contributed by atoms with Crippen LogP contribution in [0.25, 0.3) is 0 Å². The number of carbonyl (C=O) groups excluding carboxylic acids is 2. The van der Waals surface area contributed by atoms with E-state index in [1.807, 2.05) is 21.1 Å². The molecule has 9 nitrogen and oxygen atoms in total. The molecule has 0 radical (unpaired) electrons. The number of rotatable bonds is 62. The van der Waals surface area contributed by atoms with Gasteiger partial charge in [0, 0.05) is 12.8 Å². The smallest absolute Gasteiger partial charge is 0.361 e. The molecule has 0 fully saturated rings. The quantitative estimate of drug-likeness (QED) is 0.0211. The first kappa shape index (κ1) is 83.4. The number of unbranched alkanes of at least 4 members (excludes halogenated alkanes) is 17. The molecule has 0 aromatic heterocycles. The van der Waals surface area contributed by atoms with Crippen LogP contribution in [0, 0.1) is 0 Å². The van der Waals surface area contributed by atoms with Crippen LogP contribution in [-0.2, 0) is 33.3 Å². The maximum Gasteiger partial charge on any atom is 0.361 e. The van der Waals surface area contributed by atoms with Gasteiger partial charge in [-0.1, -0.05) is 280 Å². The number of carbonyl (C=O) groups is 3. The van der Waals surface area contributed by atoms with Gasteiger partial charge in [-0.3, -0.25) is 9.59 Å². The number of quaternary nitrogens is 1. The Morgan fingerprint density at radius 3 is 0.899 bits per heavy atom. The SMILES string of the molecule is CC/C=C\C/C=C\C/C=C\C/C=C\C/C=C\C/C=C\C/C=C\C/C=C\C/C=C\C/C=C\CCCCCCCCCCCCC(=O)OC(COC(=O)CCCCCCCCC/C=C\C/C=C\C/C=C\C/C=C\C/C=C\CC)COC(OCC[N+](C)(C)C)C(=O)O. The average molecular weight is 1230 g/mol. The Bertz CT molecular complexity index is 2120. The molecule has 500 valence electrons. The summed E-state index contributed by atoms with van der Waals surface area (Å²) >= 11 is 0. The number of carboxylic acids is 1. The van der Waals surface area contributed by atoms with Crippen LogP contribution in [0.1, 0.15) is 245 Å². The minimum atomic E-state index is -1.53. The Balaban J connectivity index is 4.19. The molecule has 2 atom stereocenters. The van der Waals surface area contributed by atoms with Gasteiger partial charge in [-0.15, -0.1) is 0 Å². The van der Waals surface area contributed by atoms with E-state index in [2.05, 4.69) is 196 Å². The van der Waals surface area contributed by atoms with Crippen LogP contribution in [0.5, 0.6) is 0 Å². The van der Waals surface area contributed by atoms with E-state index in [9.17, 15) is 19.5 Å². The van der Waals surface area contributed by atoms with Crippen LogP contribution in [0.2, 0.25) is 0 Å². The van der Waals surface area contributed by atoms with Gasteiger partial charge < -0.3 is 28.5 Å². The van der Waals surface area contributed by atoms with Crippen LogP contribution in [0.3, 0.4) is 0 Å². The van der Waals surface area contributed by atoms with Crippen molar-refractivity contribution >= 4 is 17.9 Å². The zero-order valence-electron chi connectivity index (χ0n) is 57.0. The van der Waals surface area contributed by atoms with E-state index in [-0.39, 0.29) is 38.6 Å². The lowest BCUT2D eigenvalue weighted by atomic mass is 10.0. The fourth-order valence-electron chi connectivity index (χ4n) is 8.89. The molecule has 89 heavy (non-hydrogen) atoms. The maximum absolute atomic E-state index is 12.9. The van der Waals surface area contributed by atoms with Gasteiger partial charge >= 0.3 is 17.9 Å². The van der Waals surface area contributed by atoms with Crippen molar-refractivity contribution in [1.29, 1.82) is 0 Å². The number of ether oxygens (including phenoxy) is 4. The number of carboxylic acid groups (broad SMARTS) is 1. The third kappa shape index (κ3) is 69.7. The van der Waals surface area contributed by atoms with Gasteiger partial charge in [0.1, 0.15) is 13.2 Å². The fourth-order valence-corrected chi connectivity index (χ4v) is 8.89. The predicted molar refractivity (Wildman–Crippen MR) is 382 cm³/mol. The molecule has 0 saturated heterocycles. The minimum absolute atomic E-state index is 0.175. The van der Waals surface area contributed by atoms with Crippen molar-refractivity contribution in [3.8, 4) is 0 Å². The largest absolute Gasteiger partial charge is 0.477 e. The van der Waals surface area contributed by atoms with Crippen LogP contribution >= 0.6 is 0 Å². The highest BCUT2D eigenvalue weighted by atomic mass is 16.7. The first-order chi connectivity index (χ1) is 43.6. The third-order valence-corrected chi connectivity index (χ3v) is 14.2. The lowest BCUT2D eigenvalue weighted by molar-refractivity contribution is -0.870. The molecule has 0 aliphatic carbocycles. The number of esters is 2. The number of nitrogens with zero attached hydrogens (tertiary/aromatic N) is 1. The molecule has 9 heteroatoms. The molecule has 0 rings (SSSR count). The van der Waals surface area contributed by atoms with Crippen molar-refractivity contribution in [2.45, 2.75) is 257 Å². The third-order valence-electron chi connectivity index (χ3n) is 14.2. The summed E-state index contributed by atoms with van der Waals surface area (Å²) in [7, 11) is 5.96. The molecular weight excluding hydrogens is 1100 g/mol. The van der Waals surface area contributed by atoms with Crippen molar-refractivity contribution in [3.63, 3.8) is 0 Å². The van der Waals surface area contributed by atoms with Gasteiger partial charge in [-0.25, -0.2) is 4.79 Å². The highest BCUT2D eigenvalue weighted by molar-refractivity contribution is 5.71. The summed E-state index contributed by atoms with van der Waals surface area (Å²) in [6.07, 6.45) is 101. The number of hydrogen-bond donors (Lipinski definition) is 1. The molecule has 0 aromatic rings. The Hall–Kier alpha value is -5.61. The first-order valence-electron chi connectivity index (χ1n) is 34.9. The lowest BCUT2D eigenvalue weighted by Crippen LogP contribution is -2.40. The van der Waals surface area contributed by atoms with Crippen LogP contribution in [-0.4, -0.2) is 87.4 Å². The highest BCUT2D eigenvalue weighted by Crippen LogP contribution is 2.15. The van der Waals surface area contributed by atoms with E-state index in [1.54, 1.807) is 0 Å². The van der Waals surface area contributed by atoms with Crippen molar-refractivity contribution in [1.82, 2.24) is 0 Å². The molecule has 0 aromatic carbocycles. The molecule has 1 N–H and O–H groups in total. The van der Waals surface area contributed by atoms with Crippen molar-refractivity contribution in [2.24, 2.45) is 0 Å². The van der Waals surface area contributed by atoms with Gasteiger partial charge in [0.15, 0.2) is 6.10 Å². The monoisotopic (exact) mass is 1230 g/mol. The highest BCUT2D eigenvalue weighted by Gasteiger charge is 2.25. The molecule has 0 amide bonds. The summed E-state index contributed by atoms with van der Waals surface area (Å²) in [5, 5.41) is 9.74. The molecule has 0 heterocycles. The van der Waals surface area contributed by atoms with E-state index in [0.717, 1.165) is 154 Å². The van der Waals surface area contributed by atoms with Gasteiger partial charge in [-0.2, -0.15) is 0 Å².